The second kappa shape index (κ2) is 4.91. The van der Waals surface area contributed by atoms with Crippen LogP contribution in [0.2, 0.25) is 0 Å². The summed E-state index contributed by atoms with van der Waals surface area (Å²) in [7, 11) is -1.78. The van der Waals surface area contributed by atoms with Gasteiger partial charge in [-0.1, -0.05) is 0 Å². The Morgan fingerprint density at radius 3 is 2.50 bits per heavy atom. The minimum Gasteiger partial charge on any atom is -0.509 e. The predicted molar refractivity (Wildman–Crippen MR) is 65.9 cm³/mol. The molecular weight excluding hydrogens is 233 g/mol. The molecule has 7 heteroatoms. The highest BCUT2D eigenvalue weighted by Gasteiger charge is 2.32. The van der Waals surface area contributed by atoms with Gasteiger partial charge in [-0.05, 0) is 25.7 Å². The van der Waals surface area contributed by atoms with Crippen LogP contribution in [0.5, 0.6) is 5.75 Å². The van der Waals surface area contributed by atoms with Gasteiger partial charge in [0.2, 0.25) is 0 Å². The van der Waals surface area contributed by atoms with Crippen LogP contribution in [0.15, 0.2) is 12.4 Å². The van der Waals surface area contributed by atoms with Crippen molar-refractivity contribution in [3.05, 3.63) is 12.4 Å². The molecule has 0 aromatic carbocycles. The molecular formula is C11H18BN3O3. The number of aromatic nitrogens is 2. The van der Waals surface area contributed by atoms with Crippen molar-refractivity contribution in [2.75, 3.05) is 13.1 Å². The summed E-state index contributed by atoms with van der Waals surface area (Å²) in [6.07, 6.45) is 8.17. The fraction of sp³-hybridized carbons (Fsp3) is 0.727. The average molecular weight is 251 g/mol. The first-order valence-corrected chi connectivity index (χ1v) is 6.53. The standard InChI is InChI=1S/C11H18BN3O3/c16-12(17)18-11-7-13-15(8-11)10-3-5-14(6-4-10)9-1-2-9/h7-10,16-17H,1-6H2. The van der Waals surface area contributed by atoms with Crippen LogP contribution in [0, 0.1) is 0 Å². The lowest BCUT2D eigenvalue weighted by atomic mass is 10.1. The third-order valence-electron chi connectivity index (χ3n) is 3.76. The SMILES string of the molecule is OB(O)Oc1cnn(C2CCN(C3CC3)CC2)c1. The molecule has 1 aliphatic carbocycles. The maximum Gasteiger partial charge on any atom is 0.707 e. The third kappa shape index (κ3) is 2.68. The maximum atomic E-state index is 8.72. The van der Waals surface area contributed by atoms with Crippen molar-refractivity contribution in [2.45, 2.75) is 37.8 Å². The molecule has 2 aliphatic rings. The molecule has 2 N–H and O–H groups in total. The highest BCUT2D eigenvalue weighted by molar-refractivity contribution is 6.33. The van der Waals surface area contributed by atoms with Crippen molar-refractivity contribution in [2.24, 2.45) is 0 Å². The number of rotatable bonds is 4. The minimum absolute atomic E-state index is 0.396. The van der Waals surface area contributed by atoms with E-state index in [4.69, 9.17) is 14.7 Å². The lowest BCUT2D eigenvalue weighted by Gasteiger charge is -2.31. The van der Waals surface area contributed by atoms with Crippen molar-refractivity contribution in [3.8, 4) is 5.75 Å². The molecule has 1 saturated heterocycles. The third-order valence-corrected chi connectivity index (χ3v) is 3.76. The summed E-state index contributed by atoms with van der Waals surface area (Å²) in [5.41, 5.74) is 0. The Hall–Kier alpha value is -1.05. The minimum atomic E-state index is -1.78. The zero-order valence-corrected chi connectivity index (χ0v) is 10.3. The van der Waals surface area contributed by atoms with Crippen LogP contribution in [0.3, 0.4) is 0 Å². The Labute approximate surface area is 106 Å². The molecule has 0 atom stereocenters. The van der Waals surface area contributed by atoms with Crippen molar-refractivity contribution < 1.29 is 14.7 Å². The maximum absolute atomic E-state index is 8.72. The molecule has 2 heterocycles. The summed E-state index contributed by atoms with van der Waals surface area (Å²) in [6, 6.07) is 1.24. The Balaban J connectivity index is 1.56. The molecule has 3 rings (SSSR count). The first-order valence-electron chi connectivity index (χ1n) is 6.53. The van der Waals surface area contributed by atoms with Crippen LogP contribution in [0.25, 0.3) is 0 Å². The van der Waals surface area contributed by atoms with E-state index in [0.29, 0.717) is 11.8 Å². The molecule has 1 saturated carbocycles. The highest BCUT2D eigenvalue weighted by Crippen LogP contribution is 2.32. The van der Waals surface area contributed by atoms with Crippen molar-refractivity contribution in [3.63, 3.8) is 0 Å². The van der Waals surface area contributed by atoms with Crippen LogP contribution in [-0.2, 0) is 0 Å². The molecule has 0 spiro atoms. The second-order valence-electron chi connectivity index (χ2n) is 5.10. The summed E-state index contributed by atoms with van der Waals surface area (Å²) >= 11 is 0. The molecule has 0 radical (unpaired) electrons. The quantitative estimate of drug-likeness (QED) is 0.739. The van der Waals surface area contributed by atoms with Crippen molar-refractivity contribution in [1.29, 1.82) is 0 Å². The van der Waals surface area contributed by atoms with E-state index < -0.39 is 7.32 Å². The van der Waals surface area contributed by atoms with E-state index in [9.17, 15) is 0 Å². The van der Waals surface area contributed by atoms with Gasteiger partial charge >= 0.3 is 7.32 Å². The Morgan fingerprint density at radius 1 is 1.17 bits per heavy atom. The van der Waals surface area contributed by atoms with E-state index in [0.717, 1.165) is 32.0 Å². The molecule has 0 bridgehead atoms. The molecule has 0 unspecified atom stereocenters. The van der Waals surface area contributed by atoms with E-state index >= 15 is 0 Å². The van der Waals surface area contributed by atoms with Crippen LogP contribution in [0.1, 0.15) is 31.7 Å². The van der Waals surface area contributed by atoms with Gasteiger partial charge in [-0.3, -0.25) is 4.68 Å². The highest BCUT2D eigenvalue weighted by atomic mass is 16.6. The molecule has 1 aromatic rings. The lowest BCUT2D eigenvalue weighted by molar-refractivity contribution is 0.172. The van der Waals surface area contributed by atoms with E-state index in [1.807, 2.05) is 4.68 Å². The lowest BCUT2D eigenvalue weighted by Crippen LogP contribution is -2.36. The fourth-order valence-electron chi connectivity index (χ4n) is 2.66. The summed E-state index contributed by atoms with van der Waals surface area (Å²) in [4.78, 5) is 2.56. The van der Waals surface area contributed by atoms with Gasteiger partial charge in [0.25, 0.3) is 0 Å². The Kier molecular flexibility index (Phi) is 3.28. The first-order chi connectivity index (χ1) is 8.72. The average Bonchev–Trinajstić information content (AvgIpc) is 3.10. The molecule has 1 aliphatic heterocycles. The number of hydrogen-bond acceptors (Lipinski definition) is 5. The molecule has 18 heavy (non-hydrogen) atoms. The Bertz CT molecular complexity index is 400. The number of likely N-dealkylation sites (tertiary alicyclic amines) is 1. The number of nitrogens with zero attached hydrogens (tertiary/aromatic N) is 3. The second-order valence-corrected chi connectivity index (χ2v) is 5.10. The van der Waals surface area contributed by atoms with Gasteiger partial charge in [-0.2, -0.15) is 5.10 Å². The van der Waals surface area contributed by atoms with E-state index in [1.54, 1.807) is 6.20 Å². The van der Waals surface area contributed by atoms with Crippen LogP contribution < -0.4 is 4.65 Å². The van der Waals surface area contributed by atoms with Crippen molar-refractivity contribution in [1.82, 2.24) is 14.7 Å². The van der Waals surface area contributed by atoms with Gasteiger partial charge in [0, 0.05) is 19.1 Å². The summed E-state index contributed by atoms with van der Waals surface area (Å²) < 4.78 is 6.65. The Morgan fingerprint density at radius 2 is 1.89 bits per heavy atom. The largest absolute Gasteiger partial charge is 0.707 e. The number of hydrogen-bond donors (Lipinski definition) is 2. The molecule has 1 aromatic heterocycles. The summed E-state index contributed by atoms with van der Waals surface area (Å²) in [6.45, 7) is 2.27. The zero-order valence-electron chi connectivity index (χ0n) is 10.3. The molecule has 2 fully saturated rings. The van der Waals surface area contributed by atoms with Gasteiger partial charge in [-0.25, -0.2) is 0 Å². The van der Waals surface area contributed by atoms with Crippen molar-refractivity contribution >= 4 is 7.32 Å². The van der Waals surface area contributed by atoms with Gasteiger partial charge in [0.15, 0.2) is 0 Å². The van der Waals surface area contributed by atoms with Gasteiger partial charge in [0.05, 0.1) is 18.4 Å². The van der Waals surface area contributed by atoms with Crippen LogP contribution in [-0.4, -0.2) is 51.2 Å². The topological polar surface area (TPSA) is 70.7 Å². The van der Waals surface area contributed by atoms with E-state index in [2.05, 4.69) is 10.00 Å². The van der Waals surface area contributed by atoms with Crippen LogP contribution in [0.4, 0.5) is 0 Å². The van der Waals surface area contributed by atoms with Crippen LogP contribution >= 0.6 is 0 Å². The molecule has 0 amide bonds. The summed E-state index contributed by atoms with van der Waals surface area (Å²) in [5, 5.41) is 21.7. The van der Waals surface area contributed by atoms with Gasteiger partial charge < -0.3 is 19.6 Å². The zero-order chi connectivity index (χ0) is 12.5. The fourth-order valence-corrected chi connectivity index (χ4v) is 2.66. The molecule has 98 valence electrons. The molecule has 6 nitrogen and oxygen atoms in total. The van der Waals surface area contributed by atoms with Gasteiger partial charge in [0.1, 0.15) is 5.75 Å². The normalized spacial score (nSPS) is 22.1. The van der Waals surface area contributed by atoms with E-state index in [-0.39, 0.29) is 0 Å². The predicted octanol–water partition coefficient (Wildman–Crippen LogP) is 0.0307. The first kappa shape index (κ1) is 12.0. The number of piperidine rings is 1. The smallest absolute Gasteiger partial charge is 0.509 e. The van der Waals surface area contributed by atoms with E-state index in [1.165, 1.54) is 19.0 Å². The monoisotopic (exact) mass is 251 g/mol. The van der Waals surface area contributed by atoms with Gasteiger partial charge in [-0.15, -0.1) is 0 Å². The summed E-state index contributed by atoms with van der Waals surface area (Å²) in [5.74, 6) is 0.398.